The summed E-state index contributed by atoms with van der Waals surface area (Å²) in [5.74, 6) is 0.623. The van der Waals surface area contributed by atoms with Crippen LogP contribution in [0.15, 0.2) is 29.4 Å². The molecule has 1 N–H and O–H groups in total. The SMILES string of the molecule is CO/N=C1\c2ccccc2-c2n[nH]c(C3CC3)c21. The van der Waals surface area contributed by atoms with Gasteiger partial charge in [0, 0.05) is 22.7 Å². The van der Waals surface area contributed by atoms with Gasteiger partial charge in [0.15, 0.2) is 0 Å². The van der Waals surface area contributed by atoms with Crippen LogP contribution in [0.4, 0.5) is 0 Å². The second kappa shape index (κ2) is 3.45. The summed E-state index contributed by atoms with van der Waals surface area (Å²) in [5, 5.41) is 11.9. The molecule has 1 fully saturated rings. The van der Waals surface area contributed by atoms with Crippen molar-refractivity contribution in [3.8, 4) is 11.3 Å². The number of fused-ring (bicyclic) bond motifs is 3. The molecule has 4 rings (SSSR count). The Morgan fingerprint density at radius 3 is 2.78 bits per heavy atom. The zero-order valence-corrected chi connectivity index (χ0v) is 10.1. The highest BCUT2D eigenvalue weighted by Gasteiger charge is 2.36. The summed E-state index contributed by atoms with van der Waals surface area (Å²) in [7, 11) is 1.59. The molecule has 0 amide bonds. The Hall–Kier alpha value is -2.10. The lowest BCUT2D eigenvalue weighted by atomic mass is 10.1. The maximum atomic E-state index is 5.01. The molecular formula is C14H13N3O. The summed E-state index contributed by atoms with van der Waals surface area (Å²) in [6.45, 7) is 0. The lowest BCUT2D eigenvalue weighted by Gasteiger charge is -2.02. The van der Waals surface area contributed by atoms with Crippen molar-refractivity contribution in [2.45, 2.75) is 18.8 Å². The summed E-state index contributed by atoms with van der Waals surface area (Å²) in [6, 6.07) is 8.22. The lowest BCUT2D eigenvalue weighted by Crippen LogP contribution is -2.02. The lowest BCUT2D eigenvalue weighted by molar-refractivity contribution is 0.214. The third-order valence-corrected chi connectivity index (χ3v) is 3.64. The van der Waals surface area contributed by atoms with E-state index in [1.54, 1.807) is 7.11 Å². The first kappa shape index (κ1) is 9.88. The number of H-pyrrole nitrogens is 1. The van der Waals surface area contributed by atoms with E-state index in [0.717, 1.165) is 28.1 Å². The Bertz CT molecular complexity index is 653. The predicted molar refractivity (Wildman–Crippen MR) is 68.6 cm³/mol. The molecular weight excluding hydrogens is 226 g/mol. The summed E-state index contributed by atoms with van der Waals surface area (Å²) in [4.78, 5) is 5.01. The fourth-order valence-electron chi connectivity index (χ4n) is 2.67. The van der Waals surface area contributed by atoms with Gasteiger partial charge in [-0.3, -0.25) is 5.10 Å². The molecule has 4 nitrogen and oxygen atoms in total. The largest absolute Gasteiger partial charge is 0.399 e. The first-order valence-electron chi connectivity index (χ1n) is 6.19. The second-order valence-corrected chi connectivity index (χ2v) is 4.80. The molecule has 18 heavy (non-hydrogen) atoms. The van der Waals surface area contributed by atoms with Gasteiger partial charge in [-0.05, 0) is 12.8 Å². The predicted octanol–water partition coefficient (Wildman–Crippen LogP) is 2.67. The molecule has 0 unspecified atom stereocenters. The zero-order valence-electron chi connectivity index (χ0n) is 10.1. The summed E-state index contributed by atoms with van der Waals surface area (Å²) in [6.07, 6.45) is 2.48. The third-order valence-electron chi connectivity index (χ3n) is 3.64. The average Bonchev–Trinajstić information content (AvgIpc) is 3.08. The molecule has 2 aliphatic carbocycles. The Kier molecular flexibility index (Phi) is 1.89. The van der Waals surface area contributed by atoms with Crippen LogP contribution in [0.5, 0.6) is 0 Å². The standard InChI is InChI=1S/C14H13N3O/c1-18-17-14-10-5-3-2-4-9(10)13-11(14)12(15-16-13)8-6-7-8/h2-5,8H,6-7H2,1H3,(H,15,16)/b17-14+. The monoisotopic (exact) mass is 239 g/mol. The highest BCUT2D eigenvalue weighted by molar-refractivity contribution is 6.24. The van der Waals surface area contributed by atoms with E-state index >= 15 is 0 Å². The second-order valence-electron chi connectivity index (χ2n) is 4.80. The number of oxime groups is 1. The van der Waals surface area contributed by atoms with Crippen molar-refractivity contribution in [1.29, 1.82) is 0 Å². The van der Waals surface area contributed by atoms with Gasteiger partial charge in [-0.1, -0.05) is 29.4 Å². The Balaban J connectivity index is 2.00. The zero-order chi connectivity index (χ0) is 12.1. The van der Waals surface area contributed by atoms with Crippen molar-refractivity contribution < 1.29 is 4.84 Å². The number of benzene rings is 1. The highest BCUT2D eigenvalue weighted by atomic mass is 16.6. The van der Waals surface area contributed by atoms with Crippen molar-refractivity contribution in [3.05, 3.63) is 41.1 Å². The molecule has 0 atom stereocenters. The van der Waals surface area contributed by atoms with E-state index in [2.05, 4.69) is 27.5 Å². The van der Waals surface area contributed by atoms with Crippen LogP contribution in [0.3, 0.4) is 0 Å². The van der Waals surface area contributed by atoms with Crippen LogP contribution in [0.1, 0.15) is 35.6 Å². The van der Waals surface area contributed by atoms with Crippen molar-refractivity contribution >= 4 is 5.71 Å². The Labute approximate surface area is 105 Å². The maximum Gasteiger partial charge on any atom is 0.122 e. The molecule has 2 aromatic rings. The van der Waals surface area contributed by atoms with Gasteiger partial charge >= 0.3 is 0 Å². The van der Waals surface area contributed by atoms with Crippen LogP contribution in [0.2, 0.25) is 0 Å². The van der Waals surface area contributed by atoms with Gasteiger partial charge in [-0.2, -0.15) is 5.10 Å². The minimum Gasteiger partial charge on any atom is -0.399 e. The molecule has 1 aromatic carbocycles. The summed E-state index contributed by atoms with van der Waals surface area (Å²) in [5.41, 5.74) is 6.55. The summed E-state index contributed by atoms with van der Waals surface area (Å²) < 4.78 is 0. The van der Waals surface area contributed by atoms with Gasteiger partial charge in [-0.25, -0.2) is 0 Å². The molecule has 90 valence electrons. The Morgan fingerprint density at radius 2 is 2.06 bits per heavy atom. The molecule has 2 aliphatic rings. The fourth-order valence-corrected chi connectivity index (χ4v) is 2.67. The first-order chi connectivity index (χ1) is 8.90. The average molecular weight is 239 g/mol. The van der Waals surface area contributed by atoms with E-state index in [1.165, 1.54) is 18.5 Å². The van der Waals surface area contributed by atoms with Gasteiger partial charge in [0.25, 0.3) is 0 Å². The quantitative estimate of drug-likeness (QED) is 0.699. The topological polar surface area (TPSA) is 50.3 Å². The van der Waals surface area contributed by atoms with Crippen LogP contribution < -0.4 is 0 Å². The number of hydrogen-bond donors (Lipinski definition) is 1. The molecule has 0 spiro atoms. The van der Waals surface area contributed by atoms with E-state index in [-0.39, 0.29) is 0 Å². The maximum absolute atomic E-state index is 5.01. The smallest absolute Gasteiger partial charge is 0.122 e. The van der Waals surface area contributed by atoms with Crippen LogP contribution in [-0.4, -0.2) is 23.0 Å². The van der Waals surface area contributed by atoms with Crippen LogP contribution in [-0.2, 0) is 4.84 Å². The van der Waals surface area contributed by atoms with E-state index in [4.69, 9.17) is 4.84 Å². The first-order valence-corrected chi connectivity index (χ1v) is 6.19. The van der Waals surface area contributed by atoms with Crippen molar-refractivity contribution in [3.63, 3.8) is 0 Å². The molecule has 4 heteroatoms. The van der Waals surface area contributed by atoms with Crippen molar-refractivity contribution in [2.75, 3.05) is 7.11 Å². The molecule has 1 saturated carbocycles. The molecule has 1 heterocycles. The number of rotatable bonds is 2. The molecule has 0 radical (unpaired) electrons. The third kappa shape index (κ3) is 1.20. The number of hydrogen-bond acceptors (Lipinski definition) is 3. The molecule has 0 saturated heterocycles. The van der Waals surface area contributed by atoms with Crippen molar-refractivity contribution in [1.82, 2.24) is 10.2 Å². The minimum absolute atomic E-state index is 0.623. The van der Waals surface area contributed by atoms with E-state index < -0.39 is 0 Å². The normalized spacial score (nSPS) is 18.8. The van der Waals surface area contributed by atoms with Crippen LogP contribution >= 0.6 is 0 Å². The number of nitrogens with zero attached hydrogens (tertiary/aromatic N) is 2. The molecule has 0 bridgehead atoms. The molecule has 1 aromatic heterocycles. The van der Waals surface area contributed by atoms with E-state index in [0.29, 0.717) is 5.92 Å². The number of nitrogens with one attached hydrogen (secondary N) is 1. The minimum atomic E-state index is 0.623. The fraction of sp³-hybridized carbons (Fsp3) is 0.286. The van der Waals surface area contributed by atoms with Crippen LogP contribution in [0, 0.1) is 0 Å². The molecule has 0 aliphatic heterocycles. The van der Waals surface area contributed by atoms with Gasteiger partial charge in [-0.15, -0.1) is 0 Å². The van der Waals surface area contributed by atoms with Gasteiger partial charge in [0.2, 0.25) is 0 Å². The van der Waals surface area contributed by atoms with Gasteiger partial charge < -0.3 is 4.84 Å². The van der Waals surface area contributed by atoms with Gasteiger partial charge in [0.05, 0.1) is 5.56 Å². The number of aromatic amines is 1. The van der Waals surface area contributed by atoms with Gasteiger partial charge in [0.1, 0.15) is 18.5 Å². The Morgan fingerprint density at radius 1 is 1.28 bits per heavy atom. The highest BCUT2D eigenvalue weighted by Crippen LogP contribution is 2.46. The van der Waals surface area contributed by atoms with Crippen molar-refractivity contribution in [2.24, 2.45) is 5.16 Å². The summed E-state index contributed by atoms with van der Waals surface area (Å²) >= 11 is 0. The van der Waals surface area contributed by atoms with E-state index in [9.17, 15) is 0 Å². The van der Waals surface area contributed by atoms with E-state index in [1.807, 2.05) is 12.1 Å². The van der Waals surface area contributed by atoms with Crippen LogP contribution in [0.25, 0.3) is 11.3 Å². The number of aromatic nitrogens is 2.